The molecule has 1 unspecified atom stereocenters. The number of hydrogen-bond acceptors (Lipinski definition) is 6. The van der Waals surface area contributed by atoms with Crippen LogP contribution in [0.2, 0.25) is 0 Å². The van der Waals surface area contributed by atoms with Gasteiger partial charge < -0.3 is 9.47 Å². The van der Waals surface area contributed by atoms with E-state index in [4.69, 9.17) is 14.6 Å². The fourth-order valence-corrected chi connectivity index (χ4v) is 7.42. The van der Waals surface area contributed by atoms with Crippen LogP contribution in [0.1, 0.15) is 50.7 Å². The lowest BCUT2D eigenvalue weighted by molar-refractivity contribution is 0.0493. The summed E-state index contributed by atoms with van der Waals surface area (Å²) in [6.45, 7) is 5.62. The maximum Gasteiger partial charge on any atom is 0.264 e. The highest BCUT2D eigenvalue weighted by molar-refractivity contribution is 7.93. The number of ether oxygens (including phenoxy) is 2. The maximum absolute atomic E-state index is 13.9. The average Bonchev–Trinajstić information content (AvgIpc) is 2.86. The minimum Gasteiger partial charge on any atom is -0.492 e. The van der Waals surface area contributed by atoms with Crippen molar-refractivity contribution < 1.29 is 26.3 Å². The lowest BCUT2D eigenvalue weighted by Crippen LogP contribution is -2.43. The summed E-state index contributed by atoms with van der Waals surface area (Å²) < 4.78 is 65.3. The number of nitrogens with zero attached hydrogens (tertiary/aromatic N) is 1. The van der Waals surface area contributed by atoms with Crippen molar-refractivity contribution in [2.75, 3.05) is 24.1 Å². The summed E-state index contributed by atoms with van der Waals surface area (Å²) >= 11 is 0. The largest absolute Gasteiger partial charge is 0.492 e. The number of aryl methyl sites for hydroxylation is 2. The summed E-state index contributed by atoms with van der Waals surface area (Å²) in [5.41, 5.74) is 2.79. The molecular formula is C25H34N2O6S2. The van der Waals surface area contributed by atoms with Crippen LogP contribution in [0.4, 0.5) is 5.69 Å². The van der Waals surface area contributed by atoms with Gasteiger partial charge >= 0.3 is 0 Å². The third-order valence-corrected chi connectivity index (χ3v) is 9.73. The van der Waals surface area contributed by atoms with Gasteiger partial charge in [-0.2, -0.15) is 0 Å². The van der Waals surface area contributed by atoms with Gasteiger partial charge in [-0.1, -0.05) is 26.0 Å². The van der Waals surface area contributed by atoms with Crippen LogP contribution in [0, 0.1) is 5.92 Å². The molecule has 1 fully saturated rings. The minimum absolute atomic E-state index is 0.0663. The van der Waals surface area contributed by atoms with E-state index in [9.17, 15) is 16.8 Å². The third kappa shape index (κ3) is 5.50. The molecule has 1 atom stereocenters. The molecule has 8 nitrogen and oxygen atoms in total. The summed E-state index contributed by atoms with van der Waals surface area (Å²) in [5, 5.41) is 5.48. The quantitative estimate of drug-likeness (QED) is 0.566. The molecule has 2 aromatic rings. The van der Waals surface area contributed by atoms with Crippen LogP contribution in [-0.4, -0.2) is 42.7 Å². The van der Waals surface area contributed by atoms with Gasteiger partial charge in [0, 0.05) is 19.3 Å². The summed E-state index contributed by atoms with van der Waals surface area (Å²) in [7, 11) is -8.27. The van der Waals surface area contributed by atoms with Crippen LogP contribution in [0.15, 0.2) is 46.2 Å². The van der Waals surface area contributed by atoms with Gasteiger partial charge in [-0.25, -0.2) is 22.0 Å². The van der Waals surface area contributed by atoms with Crippen molar-refractivity contribution in [3.8, 4) is 5.75 Å². The molecule has 0 radical (unpaired) electrons. The summed E-state index contributed by atoms with van der Waals surface area (Å²) in [4.78, 5) is -0.442. The molecule has 0 saturated carbocycles. The highest BCUT2D eigenvalue weighted by atomic mass is 32.2. The fraction of sp³-hybridized carbons (Fsp3) is 0.520. The number of nitrogens with two attached hydrogens (primary N) is 1. The molecule has 2 aliphatic rings. The Labute approximate surface area is 208 Å². The summed E-state index contributed by atoms with van der Waals surface area (Å²) in [5.74, 6) is 0.306. The van der Waals surface area contributed by atoms with Gasteiger partial charge in [0.1, 0.15) is 10.6 Å². The molecule has 2 aromatic carbocycles. The second-order valence-corrected chi connectivity index (χ2v) is 12.6. The van der Waals surface area contributed by atoms with E-state index in [-0.39, 0.29) is 27.5 Å². The third-order valence-electron chi connectivity index (χ3n) is 6.93. The highest BCUT2D eigenvalue weighted by Gasteiger charge is 2.36. The molecule has 0 aliphatic carbocycles. The number of rotatable bonds is 8. The van der Waals surface area contributed by atoms with E-state index < -0.39 is 20.0 Å². The molecule has 0 spiro atoms. The van der Waals surface area contributed by atoms with Crippen molar-refractivity contribution in [1.82, 2.24) is 0 Å². The number of hydrogen-bond donors (Lipinski definition) is 1. The molecule has 2 aliphatic heterocycles. The van der Waals surface area contributed by atoms with Gasteiger partial charge in [0.2, 0.25) is 10.0 Å². The van der Waals surface area contributed by atoms with Crippen LogP contribution in [0.5, 0.6) is 5.75 Å². The first-order valence-electron chi connectivity index (χ1n) is 12.2. The Kier molecular flexibility index (Phi) is 7.75. The average molecular weight is 523 g/mol. The molecule has 1 saturated heterocycles. The molecule has 10 heteroatoms. The molecule has 4 rings (SSSR count). The number of primary sulfonamides is 1. The Morgan fingerprint density at radius 3 is 2.43 bits per heavy atom. The van der Waals surface area contributed by atoms with Crippen molar-refractivity contribution in [3.05, 3.63) is 47.5 Å². The molecule has 192 valence electrons. The number of anilines is 1. The zero-order valence-electron chi connectivity index (χ0n) is 20.3. The van der Waals surface area contributed by atoms with Crippen molar-refractivity contribution in [2.24, 2.45) is 11.1 Å². The zero-order valence-corrected chi connectivity index (χ0v) is 21.9. The Balaban J connectivity index is 1.71. The summed E-state index contributed by atoms with van der Waals surface area (Å²) in [6.07, 6.45) is 4.65. The van der Waals surface area contributed by atoms with E-state index in [1.807, 2.05) is 19.1 Å². The zero-order chi connectivity index (χ0) is 25.2. The molecule has 2 heterocycles. The Morgan fingerprint density at radius 2 is 1.77 bits per heavy atom. The predicted octanol–water partition coefficient (Wildman–Crippen LogP) is 3.62. The first-order chi connectivity index (χ1) is 16.6. The Bertz CT molecular complexity index is 1270. The standard InChI is InChI=1S/C25H34N2O6S2/c1-3-18-5-9-23-20(15-18)6-7-21(4-2)27(23)35(30,31)22-8-10-24(25(16-22)34(26,28)29)33-17-19-11-13-32-14-12-19/h5,8-10,15-16,19,21H,3-4,6-7,11-14,17H2,1-2H3,(H2,26,28,29). The van der Waals surface area contributed by atoms with Gasteiger partial charge in [-0.15, -0.1) is 0 Å². The normalized spacial score (nSPS) is 19.4. The smallest absolute Gasteiger partial charge is 0.264 e. The van der Waals surface area contributed by atoms with E-state index in [1.165, 1.54) is 16.4 Å². The number of sulfonamides is 2. The SMILES string of the molecule is CCc1ccc2c(c1)CCC(CC)N2S(=O)(=O)c1ccc(OCC2CCOCC2)c(S(N)(=O)=O)c1. The van der Waals surface area contributed by atoms with Gasteiger partial charge in [0.25, 0.3) is 10.0 Å². The molecule has 2 N–H and O–H groups in total. The van der Waals surface area contributed by atoms with E-state index in [2.05, 4.69) is 13.0 Å². The Hall–Kier alpha value is -2.14. The minimum atomic E-state index is -4.22. The molecule has 0 bridgehead atoms. The number of benzene rings is 2. The van der Waals surface area contributed by atoms with E-state index >= 15 is 0 Å². The van der Waals surface area contributed by atoms with E-state index in [0.29, 0.717) is 38.3 Å². The molecule has 35 heavy (non-hydrogen) atoms. The van der Waals surface area contributed by atoms with Crippen LogP contribution < -0.4 is 14.2 Å². The second-order valence-electron chi connectivity index (χ2n) is 9.24. The highest BCUT2D eigenvalue weighted by Crippen LogP contribution is 2.38. The van der Waals surface area contributed by atoms with E-state index in [0.717, 1.165) is 42.9 Å². The lowest BCUT2D eigenvalue weighted by atomic mass is 9.94. The summed E-state index contributed by atoms with van der Waals surface area (Å²) in [6, 6.07) is 9.59. The van der Waals surface area contributed by atoms with Crippen molar-refractivity contribution in [3.63, 3.8) is 0 Å². The lowest BCUT2D eigenvalue weighted by Gasteiger charge is -2.37. The van der Waals surface area contributed by atoms with Crippen molar-refractivity contribution in [2.45, 2.75) is 68.2 Å². The maximum atomic E-state index is 13.9. The van der Waals surface area contributed by atoms with Gasteiger partial charge in [-0.3, -0.25) is 4.31 Å². The topological polar surface area (TPSA) is 116 Å². The van der Waals surface area contributed by atoms with Crippen LogP contribution in [-0.2, 0) is 37.6 Å². The van der Waals surface area contributed by atoms with Crippen molar-refractivity contribution >= 4 is 25.7 Å². The first-order valence-corrected chi connectivity index (χ1v) is 15.2. The van der Waals surface area contributed by atoms with E-state index in [1.54, 1.807) is 0 Å². The van der Waals surface area contributed by atoms with Crippen LogP contribution >= 0.6 is 0 Å². The molecule has 0 aromatic heterocycles. The number of fused-ring (bicyclic) bond motifs is 1. The molecular weight excluding hydrogens is 488 g/mol. The van der Waals surface area contributed by atoms with Crippen molar-refractivity contribution in [1.29, 1.82) is 0 Å². The fourth-order valence-electron chi connectivity index (χ4n) is 4.83. The second kappa shape index (κ2) is 10.5. The predicted molar refractivity (Wildman–Crippen MR) is 135 cm³/mol. The van der Waals surface area contributed by atoms with Gasteiger partial charge in [0.15, 0.2) is 0 Å². The molecule has 0 amide bonds. The van der Waals surface area contributed by atoms with Gasteiger partial charge in [0.05, 0.1) is 17.2 Å². The monoisotopic (exact) mass is 522 g/mol. The van der Waals surface area contributed by atoms with Gasteiger partial charge in [-0.05, 0) is 79.8 Å². The first kappa shape index (κ1) is 25.9. The Morgan fingerprint density at radius 1 is 1.03 bits per heavy atom. The van der Waals surface area contributed by atoms with Crippen LogP contribution in [0.3, 0.4) is 0 Å². The van der Waals surface area contributed by atoms with Crippen LogP contribution in [0.25, 0.3) is 0 Å².